The summed E-state index contributed by atoms with van der Waals surface area (Å²) in [5, 5.41) is 0. The molecule has 1 aromatic carbocycles. The minimum atomic E-state index is -0.737. The molecule has 118 valence electrons. The van der Waals surface area contributed by atoms with Crippen LogP contribution >= 0.6 is 0 Å². The molecule has 0 unspecified atom stereocenters. The highest BCUT2D eigenvalue weighted by molar-refractivity contribution is 6.09. The van der Waals surface area contributed by atoms with Crippen molar-refractivity contribution in [3.8, 4) is 0 Å². The molecule has 0 atom stereocenters. The normalized spacial score (nSPS) is 19.4. The first kappa shape index (κ1) is 15.0. The van der Waals surface area contributed by atoms with Gasteiger partial charge in [-0.05, 0) is 31.9 Å². The van der Waals surface area contributed by atoms with E-state index in [1.165, 1.54) is 11.0 Å². The van der Waals surface area contributed by atoms with Gasteiger partial charge in [-0.2, -0.15) is 0 Å². The van der Waals surface area contributed by atoms with Gasteiger partial charge in [0, 0.05) is 12.6 Å². The van der Waals surface area contributed by atoms with E-state index in [2.05, 4.69) is 0 Å². The number of fused-ring (bicyclic) bond motifs is 2. The summed E-state index contributed by atoms with van der Waals surface area (Å²) in [5.74, 6) is -1.09. The van der Waals surface area contributed by atoms with E-state index in [1.807, 2.05) is 0 Å². The number of benzene rings is 1. The highest BCUT2D eigenvalue weighted by atomic mass is 19.1. The highest BCUT2D eigenvalue weighted by Gasteiger charge is 2.51. The van der Waals surface area contributed by atoms with Crippen LogP contribution in [0.15, 0.2) is 12.1 Å². The molecule has 0 radical (unpaired) electrons. The molecule has 3 rings (SSSR count). The lowest BCUT2D eigenvalue weighted by atomic mass is 9.70. The number of esters is 1. The van der Waals surface area contributed by atoms with Gasteiger partial charge in [0.05, 0.1) is 23.3 Å². The van der Waals surface area contributed by atoms with E-state index in [9.17, 15) is 14.0 Å². The third-order valence-corrected chi connectivity index (χ3v) is 4.84. The molecule has 1 aliphatic heterocycles. The Labute approximate surface area is 129 Å². The van der Waals surface area contributed by atoms with Crippen molar-refractivity contribution in [3.05, 3.63) is 29.1 Å². The quantitative estimate of drug-likeness (QED) is 0.788. The van der Waals surface area contributed by atoms with E-state index in [1.54, 1.807) is 20.0 Å². The fourth-order valence-corrected chi connectivity index (χ4v) is 3.82. The second-order valence-corrected chi connectivity index (χ2v) is 6.08. The van der Waals surface area contributed by atoms with Crippen molar-refractivity contribution in [3.63, 3.8) is 0 Å². The van der Waals surface area contributed by atoms with E-state index in [0.29, 0.717) is 24.1 Å². The number of halogens is 1. The average molecular weight is 305 g/mol. The Morgan fingerprint density at radius 1 is 1.32 bits per heavy atom. The minimum Gasteiger partial charge on any atom is -0.462 e. The van der Waals surface area contributed by atoms with Crippen LogP contribution in [-0.4, -0.2) is 25.5 Å². The zero-order chi connectivity index (χ0) is 15.9. The smallest absolute Gasteiger partial charge is 0.338 e. The minimum absolute atomic E-state index is 0.0536. The van der Waals surface area contributed by atoms with Gasteiger partial charge in [-0.1, -0.05) is 19.3 Å². The van der Waals surface area contributed by atoms with Crippen molar-refractivity contribution in [2.24, 2.45) is 0 Å². The van der Waals surface area contributed by atoms with E-state index < -0.39 is 17.2 Å². The first-order chi connectivity index (χ1) is 10.5. The van der Waals surface area contributed by atoms with Gasteiger partial charge in [-0.3, -0.25) is 4.79 Å². The maximum Gasteiger partial charge on any atom is 0.338 e. The lowest BCUT2D eigenvalue weighted by Gasteiger charge is -2.32. The second kappa shape index (κ2) is 5.38. The van der Waals surface area contributed by atoms with Crippen LogP contribution in [0.1, 0.15) is 54.9 Å². The Morgan fingerprint density at radius 2 is 2.00 bits per heavy atom. The van der Waals surface area contributed by atoms with Crippen molar-refractivity contribution in [2.45, 2.75) is 44.4 Å². The van der Waals surface area contributed by atoms with Crippen molar-refractivity contribution >= 4 is 17.6 Å². The summed E-state index contributed by atoms with van der Waals surface area (Å²) in [4.78, 5) is 26.1. The molecule has 4 nitrogen and oxygen atoms in total. The van der Waals surface area contributed by atoms with Gasteiger partial charge in [0.1, 0.15) is 5.82 Å². The predicted octanol–water partition coefficient (Wildman–Crippen LogP) is 3.18. The highest BCUT2D eigenvalue weighted by Crippen LogP contribution is 2.50. The monoisotopic (exact) mass is 305 g/mol. The number of amides is 1. The van der Waals surface area contributed by atoms with Crippen molar-refractivity contribution in [2.75, 3.05) is 18.6 Å². The third-order valence-electron chi connectivity index (χ3n) is 4.84. The summed E-state index contributed by atoms with van der Waals surface area (Å²) in [5.41, 5.74) is 0.396. The van der Waals surface area contributed by atoms with E-state index in [-0.39, 0.29) is 18.1 Å². The second-order valence-electron chi connectivity index (χ2n) is 6.08. The largest absolute Gasteiger partial charge is 0.462 e. The summed E-state index contributed by atoms with van der Waals surface area (Å²) in [6.07, 6.45) is 4.30. The molecule has 1 aliphatic carbocycles. The number of carbonyl (C=O) groups excluding carboxylic acids is 2. The van der Waals surface area contributed by atoms with Crippen LogP contribution in [0.2, 0.25) is 0 Å². The number of nitrogens with zero attached hydrogens (tertiary/aromatic N) is 1. The number of likely N-dealkylation sites (N-methyl/N-ethyl adjacent to an activating group) is 1. The van der Waals surface area contributed by atoms with E-state index in [4.69, 9.17) is 4.74 Å². The molecule has 1 amide bonds. The van der Waals surface area contributed by atoms with Gasteiger partial charge >= 0.3 is 5.97 Å². The zero-order valence-electron chi connectivity index (χ0n) is 12.9. The summed E-state index contributed by atoms with van der Waals surface area (Å²) >= 11 is 0. The first-order valence-corrected chi connectivity index (χ1v) is 7.80. The molecule has 1 fully saturated rings. The van der Waals surface area contributed by atoms with Crippen LogP contribution in [0, 0.1) is 5.82 Å². The maximum atomic E-state index is 14.7. The van der Waals surface area contributed by atoms with Crippen LogP contribution in [0.25, 0.3) is 0 Å². The molecule has 2 aliphatic rings. The number of hydrogen-bond acceptors (Lipinski definition) is 3. The van der Waals surface area contributed by atoms with Gasteiger partial charge in [0.15, 0.2) is 0 Å². The molecule has 5 heteroatoms. The van der Waals surface area contributed by atoms with Crippen molar-refractivity contribution in [1.29, 1.82) is 0 Å². The van der Waals surface area contributed by atoms with Crippen LogP contribution in [0.3, 0.4) is 0 Å². The molecular formula is C17H20FNO3. The zero-order valence-corrected chi connectivity index (χ0v) is 12.9. The Balaban J connectivity index is 2.12. The standard InChI is InChI=1S/C17H20FNO3/c1-3-22-15(20)11-9-12(18)14-13(10-11)19(2)16(21)17(14)7-5-4-6-8-17/h9-10H,3-8H2,1-2H3. The summed E-state index contributed by atoms with van der Waals surface area (Å²) in [7, 11) is 1.65. The molecular weight excluding hydrogens is 285 g/mol. The first-order valence-electron chi connectivity index (χ1n) is 7.80. The van der Waals surface area contributed by atoms with E-state index in [0.717, 1.165) is 19.3 Å². The average Bonchev–Trinajstić information content (AvgIpc) is 2.71. The molecule has 22 heavy (non-hydrogen) atoms. The van der Waals surface area contributed by atoms with E-state index >= 15 is 0 Å². The lowest BCUT2D eigenvalue weighted by molar-refractivity contribution is -0.124. The van der Waals surface area contributed by atoms with Gasteiger partial charge in [0.25, 0.3) is 0 Å². The molecule has 1 aromatic rings. The Kier molecular flexibility index (Phi) is 3.67. The van der Waals surface area contributed by atoms with Gasteiger partial charge < -0.3 is 9.64 Å². The molecule has 1 saturated carbocycles. The molecule has 1 heterocycles. The lowest BCUT2D eigenvalue weighted by Crippen LogP contribution is -2.40. The van der Waals surface area contributed by atoms with Gasteiger partial charge in [0.2, 0.25) is 5.91 Å². The summed E-state index contributed by atoms with van der Waals surface area (Å²) in [6, 6.07) is 2.79. The molecule has 0 saturated heterocycles. The Bertz CT molecular complexity index is 635. The summed E-state index contributed by atoms with van der Waals surface area (Å²) < 4.78 is 19.7. The molecule has 0 bridgehead atoms. The van der Waals surface area contributed by atoms with Crippen molar-refractivity contribution in [1.82, 2.24) is 0 Å². The van der Waals surface area contributed by atoms with Crippen LogP contribution in [0.5, 0.6) is 0 Å². The molecule has 0 aromatic heterocycles. The molecule has 1 spiro atoms. The maximum absolute atomic E-state index is 14.7. The van der Waals surface area contributed by atoms with Crippen LogP contribution < -0.4 is 4.90 Å². The number of anilines is 1. The summed E-state index contributed by atoms with van der Waals surface area (Å²) in [6.45, 7) is 1.94. The fourth-order valence-electron chi connectivity index (χ4n) is 3.82. The SMILES string of the molecule is CCOC(=O)c1cc(F)c2c(c1)N(C)C(=O)C21CCCCC1. The number of hydrogen-bond donors (Lipinski definition) is 0. The van der Waals surface area contributed by atoms with Crippen LogP contribution in [0.4, 0.5) is 10.1 Å². The predicted molar refractivity (Wildman–Crippen MR) is 80.5 cm³/mol. The number of rotatable bonds is 2. The Hall–Kier alpha value is -1.91. The molecule has 0 N–H and O–H groups in total. The van der Waals surface area contributed by atoms with Gasteiger partial charge in [-0.15, -0.1) is 0 Å². The fraction of sp³-hybridized carbons (Fsp3) is 0.529. The number of ether oxygens (including phenoxy) is 1. The topological polar surface area (TPSA) is 46.6 Å². The Morgan fingerprint density at radius 3 is 2.64 bits per heavy atom. The van der Waals surface area contributed by atoms with Crippen molar-refractivity contribution < 1.29 is 18.7 Å². The van der Waals surface area contributed by atoms with Crippen LogP contribution in [-0.2, 0) is 14.9 Å². The van der Waals surface area contributed by atoms with Gasteiger partial charge in [-0.25, -0.2) is 9.18 Å². The third kappa shape index (κ3) is 2.02. The number of carbonyl (C=O) groups is 2.